The molecule has 0 aromatic heterocycles. The third-order valence-electron chi connectivity index (χ3n) is 2.87. The second kappa shape index (κ2) is 7.24. The van der Waals surface area contributed by atoms with E-state index in [4.69, 9.17) is 10.5 Å². The van der Waals surface area contributed by atoms with Crippen LogP contribution in [0.4, 0.5) is 5.69 Å². The Labute approximate surface area is 133 Å². The van der Waals surface area contributed by atoms with Crippen LogP contribution in [0.3, 0.4) is 0 Å². The van der Waals surface area contributed by atoms with Crippen LogP contribution in [-0.4, -0.2) is 39.5 Å². The second-order valence-corrected chi connectivity index (χ2v) is 7.99. The van der Waals surface area contributed by atoms with E-state index in [9.17, 15) is 13.2 Å². The summed E-state index contributed by atoms with van der Waals surface area (Å²) in [6.45, 7) is 1.82. The number of hydrogen-bond donors (Lipinski definition) is 2. The number of anilines is 1. The van der Waals surface area contributed by atoms with Gasteiger partial charge < -0.3 is 15.8 Å². The van der Waals surface area contributed by atoms with E-state index >= 15 is 0 Å². The average molecular weight is 379 g/mol. The highest BCUT2D eigenvalue weighted by atomic mass is 79.9. The molecule has 1 aromatic carbocycles. The summed E-state index contributed by atoms with van der Waals surface area (Å²) in [6.07, 6.45) is 1.18. The summed E-state index contributed by atoms with van der Waals surface area (Å²) in [5.74, 6) is -0.0641. The summed E-state index contributed by atoms with van der Waals surface area (Å²) in [5.41, 5.74) is 7.06. The van der Waals surface area contributed by atoms with Crippen molar-refractivity contribution in [1.29, 1.82) is 0 Å². The first-order valence-electron chi connectivity index (χ1n) is 6.22. The highest BCUT2D eigenvalue weighted by Crippen LogP contribution is 2.32. The summed E-state index contributed by atoms with van der Waals surface area (Å²) in [7, 11) is -1.64. The number of aryl methyl sites for hydroxylation is 1. The van der Waals surface area contributed by atoms with Gasteiger partial charge in [0.25, 0.3) is 0 Å². The molecule has 0 radical (unpaired) electrons. The summed E-state index contributed by atoms with van der Waals surface area (Å²) in [5, 5.41) is 2.69. The first-order chi connectivity index (χ1) is 9.64. The number of ether oxygens (including phenoxy) is 1. The lowest BCUT2D eigenvalue weighted by molar-refractivity contribution is -0.117. The van der Waals surface area contributed by atoms with Gasteiger partial charge in [-0.05, 0) is 31.0 Å². The van der Waals surface area contributed by atoms with Crippen LogP contribution in [-0.2, 0) is 14.6 Å². The van der Waals surface area contributed by atoms with Crippen LogP contribution < -0.4 is 15.8 Å². The van der Waals surface area contributed by atoms with E-state index in [1.165, 1.54) is 7.11 Å². The number of methoxy groups -OCH3 is 1. The normalized spacial score (nSPS) is 12.8. The molecule has 1 unspecified atom stereocenters. The maximum absolute atomic E-state index is 12.0. The Balaban J connectivity index is 2.83. The minimum absolute atomic E-state index is 0.0720. The maximum atomic E-state index is 12.0. The fourth-order valence-electron chi connectivity index (χ4n) is 1.72. The predicted molar refractivity (Wildman–Crippen MR) is 86.4 cm³/mol. The molecule has 0 saturated carbocycles. The van der Waals surface area contributed by atoms with E-state index < -0.39 is 21.8 Å². The van der Waals surface area contributed by atoms with Crippen LogP contribution in [0.25, 0.3) is 0 Å². The summed E-state index contributed by atoms with van der Waals surface area (Å²) in [4.78, 5) is 12.0. The molecule has 0 aliphatic carbocycles. The smallest absolute Gasteiger partial charge is 0.241 e. The highest BCUT2D eigenvalue weighted by Gasteiger charge is 2.18. The lowest BCUT2D eigenvalue weighted by atomic mass is 10.1. The number of benzene rings is 1. The molecule has 118 valence electrons. The number of amides is 1. The lowest BCUT2D eigenvalue weighted by Gasteiger charge is -2.16. The number of hydrogen-bond acceptors (Lipinski definition) is 5. The molecule has 1 rings (SSSR count). The number of nitrogens with one attached hydrogen (secondary N) is 1. The molecule has 21 heavy (non-hydrogen) atoms. The fraction of sp³-hybridized carbons (Fsp3) is 0.462. The van der Waals surface area contributed by atoms with Crippen LogP contribution in [0, 0.1) is 6.92 Å². The first-order valence-corrected chi connectivity index (χ1v) is 9.07. The van der Waals surface area contributed by atoms with Gasteiger partial charge in [0.05, 0.1) is 24.6 Å². The molecule has 0 saturated heterocycles. The Kier molecular flexibility index (Phi) is 6.18. The van der Waals surface area contributed by atoms with Crippen molar-refractivity contribution in [2.24, 2.45) is 5.73 Å². The maximum Gasteiger partial charge on any atom is 0.241 e. The zero-order valence-electron chi connectivity index (χ0n) is 12.1. The van der Waals surface area contributed by atoms with Gasteiger partial charge in [-0.3, -0.25) is 4.79 Å². The summed E-state index contributed by atoms with van der Waals surface area (Å²) >= 11 is 3.35. The van der Waals surface area contributed by atoms with Crippen LogP contribution in [0.15, 0.2) is 16.6 Å². The van der Waals surface area contributed by atoms with Gasteiger partial charge in [0.2, 0.25) is 5.91 Å². The van der Waals surface area contributed by atoms with Crippen molar-refractivity contribution in [1.82, 2.24) is 0 Å². The molecule has 0 aliphatic heterocycles. The third-order valence-corrected chi connectivity index (χ3v) is 4.30. The zero-order chi connectivity index (χ0) is 16.2. The monoisotopic (exact) mass is 378 g/mol. The van der Waals surface area contributed by atoms with Gasteiger partial charge in [-0.25, -0.2) is 8.42 Å². The topological polar surface area (TPSA) is 98.5 Å². The van der Waals surface area contributed by atoms with Crippen LogP contribution in [0.5, 0.6) is 5.75 Å². The number of rotatable bonds is 6. The molecule has 3 N–H and O–H groups in total. The van der Waals surface area contributed by atoms with E-state index in [1.54, 1.807) is 6.07 Å². The Hall–Kier alpha value is -1.12. The molecule has 1 atom stereocenters. The van der Waals surface area contributed by atoms with E-state index in [-0.39, 0.29) is 12.2 Å². The Morgan fingerprint density at radius 3 is 2.62 bits per heavy atom. The van der Waals surface area contributed by atoms with Gasteiger partial charge in [0.15, 0.2) is 0 Å². The number of halogens is 1. The molecule has 0 fully saturated rings. The van der Waals surface area contributed by atoms with Gasteiger partial charge in [0, 0.05) is 10.7 Å². The molecular formula is C13H19BrN2O4S. The third kappa shape index (κ3) is 5.64. The fourth-order valence-corrected chi connectivity index (χ4v) is 2.95. The highest BCUT2D eigenvalue weighted by molar-refractivity contribution is 9.10. The van der Waals surface area contributed by atoms with E-state index in [1.807, 2.05) is 13.0 Å². The standard InChI is InChI=1S/C13H19BrN2O4S/c1-8-6-9(14)7-11(20-2)12(8)16-13(17)10(15)4-5-21(3,18)19/h6-7,10H,4-5,15H2,1-3H3,(H,16,17). The van der Waals surface area contributed by atoms with Gasteiger partial charge in [-0.15, -0.1) is 0 Å². The molecular weight excluding hydrogens is 360 g/mol. The van der Waals surface area contributed by atoms with E-state index in [0.29, 0.717) is 11.4 Å². The molecule has 6 nitrogen and oxygen atoms in total. The zero-order valence-corrected chi connectivity index (χ0v) is 14.5. The van der Waals surface area contributed by atoms with Crippen molar-refractivity contribution in [2.75, 3.05) is 24.4 Å². The predicted octanol–water partition coefficient (Wildman–Crippen LogP) is 1.47. The van der Waals surface area contributed by atoms with Crippen molar-refractivity contribution in [3.05, 3.63) is 22.2 Å². The average Bonchev–Trinajstić information content (AvgIpc) is 2.37. The number of carbonyl (C=O) groups excluding carboxylic acids is 1. The van der Waals surface area contributed by atoms with E-state index in [0.717, 1.165) is 16.3 Å². The van der Waals surface area contributed by atoms with Crippen molar-refractivity contribution >= 4 is 37.4 Å². The molecule has 0 heterocycles. The molecule has 1 aromatic rings. The van der Waals surface area contributed by atoms with E-state index in [2.05, 4.69) is 21.2 Å². The lowest BCUT2D eigenvalue weighted by Crippen LogP contribution is -2.37. The molecule has 1 amide bonds. The number of carbonyl (C=O) groups is 1. The van der Waals surface area contributed by atoms with Crippen molar-refractivity contribution in [3.8, 4) is 5.75 Å². The van der Waals surface area contributed by atoms with Crippen molar-refractivity contribution < 1.29 is 17.9 Å². The molecule has 8 heteroatoms. The largest absolute Gasteiger partial charge is 0.495 e. The summed E-state index contributed by atoms with van der Waals surface area (Å²) in [6, 6.07) is 2.66. The Bertz CT molecular complexity index is 631. The quantitative estimate of drug-likeness (QED) is 0.780. The summed E-state index contributed by atoms with van der Waals surface area (Å²) < 4.78 is 28.2. The minimum Gasteiger partial charge on any atom is -0.495 e. The van der Waals surface area contributed by atoms with Crippen LogP contribution in [0.1, 0.15) is 12.0 Å². The first kappa shape index (κ1) is 17.9. The van der Waals surface area contributed by atoms with Gasteiger partial charge >= 0.3 is 0 Å². The van der Waals surface area contributed by atoms with Gasteiger partial charge in [-0.2, -0.15) is 0 Å². The van der Waals surface area contributed by atoms with Gasteiger partial charge in [0.1, 0.15) is 15.6 Å². The Morgan fingerprint density at radius 1 is 1.48 bits per heavy atom. The van der Waals surface area contributed by atoms with Crippen molar-refractivity contribution in [2.45, 2.75) is 19.4 Å². The van der Waals surface area contributed by atoms with Gasteiger partial charge in [-0.1, -0.05) is 15.9 Å². The SMILES string of the molecule is COc1cc(Br)cc(C)c1NC(=O)C(N)CCS(C)(=O)=O. The Morgan fingerprint density at radius 2 is 2.10 bits per heavy atom. The number of nitrogens with two attached hydrogens (primary N) is 1. The van der Waals surface area contributed by atoms with Crippen molar-refractivity contribution in [3.63, 3.8) is 0 Å². The second-order valence-electron chi connectivity index (χ2n) is 4.81. The van der Waals surface area contributed by atoms with Crippen LogP contribution in [0.2, 0.25) is 0 Å². The van der Waals surface area contributed by atoms with Crippen LogP contribution >= 0.6 is 15.9 Å². The molecule has 0 bridgehead atoms. The molecule has 0 spiro atoms. The minimum atomic E-state index is -3.14. The number of sulfone groups is 1. The molecule has 0 aliphatic rings.